The summed E-state index contributed by atoms with van der Waals surface area (Å²) in [5, 5.41) is 2.74. The molecule has 1 aliphatic rings. The summed E-state index contributed by atoms with van der Waals surface area (Å²) in [6.07, 6.45) is 2.23. The zero-order valence-electron chi connectivity index (χ0n) is 15.7. The summed E-state index contributed by atoms with van der Waals surface area (Å²) in [7, 11) is 0. The highest BCUT2D eigenvalue weighted by molar-refractivity contribution is 5.91. The summed E-state index contributed by atoms with van der Waals surface area (Å²) in [6.45, 7) is 1.52. The van der Waals surface area contributed by atoms with Crippen molar-refractivity contribution in [1.29, 1.82) is 0 Å². The highest BCUT2D eigenvalue weighted by Crippen LogP contribution is 2.15. The van der Waals surface area contributed by atoms with E-state index in [2.05, 4.69) is 5.32 Å². The van der Waals surface area contributed by atoms with Gasteiger partial charge in [-0.05, 0) is 36.1 Å². The van der Waals surface area contributed by atoms with Gasteiger partial charge in [0.15, 0.2) is 6.61 Å². The fourth-order valence-corrected chi connectivity index (χ4v) is 3.09. The van der Waals surface area contributed by atoms with Crippen molar-refractivity contribution in [3.05, 3.63) is 71.3 Å². The minimum atomic E-state index is -0.540. The van der Waals surface area contributed by atoms with Crippen LogP contribution in [0.2, 0.25) is 0 Å². The molecular weight excluding hydrogens is 356 g/mol. The Kier molecular flexibility index (Phi) is 6.78. The molecule has 0 saturated carbocycles. The van der Waals surface area contributed by atoms with Crippen LogP contribution in [0.25, 0.3) is 0 Å². The van der Waals surface area contributed by atoms with E-state index < -0.39 is 5.97 Å². The monoisotopic (exact) mass is 380 g/mol. The molecule has 1 N–H and O–H groups in total. The summed E-state index contributed by atoms with van der Waals surface area (Å²) in [5.74, 6) is -0.697. The first-order valence-corrected chi connectivity index (χ1v) is 9.46. The van der Waals surface area contributed by atoms with E-state index in [0.717, 1.165) is 30.5 Å². The Labute approximate surface area is 164 Å². The molecule has 6 heteroatoms. The number of carbonyl (C=O) groups is 3. The molecule has 1 saturated heterocycles. The van der Waals surface area contributed by atoms with Crippen molar-refractivity contribution in [2.45, 2.75) is 25.8 Å². The highest BCUT2D eigenvalue weighted by Gasteiger charge is 2.20. The first-order valence-electron chi connectivity index (χ1n) is 9.46. The summed E-state index contributed by atoms with van der Waals surface area (Å²) < 4.78 is 5.07. The second-order valence-electron chi connectivity index (χ2n) is 6.78. The van der Waals surface area contributed by atoms with Crippen LogP contribution in [-0.4, -0.2) is 42.4 Å². The molecule has 2 aromatic rings. The molecule has 0 bridgehead atoms. The van der Waals surface area contributed by atoms with Crippen molar-refractivity contribution in [1.82, 2.24) is 10.2 Å². The maximum atomic E-state index is 12.1. The summed E-state index contributed by atoms with van der Waals surface area (Å²) >= 11 is 0. The smallest absolute Gasteiger partial charge is 0.338 e. The van der Waals surface area contributed by atoms with Gasteiger partial charge in [-0.25, -0.2) is 4.79 Å². The van der Waals surface area contributed by atoms with Crippen LogP contribution in [0, 0.1) is 0 Å². The van der Waals surface area contributed by atoms with Crippen molar-refractivity contribution in [2.75, 3.05) is 19.7 Å². The van der Waals surface area contributed by atoms with E-state index >= 15 is 0 Å². The number of nitrogens with one attached hydrogen (secondary N) is 1. The molecule has 1 aliphatic heterocycles. The molecule has 1 fully saturated rings. The molecule has 146 valence electrons. The maximum Gasteiger partial charge on any atom is 0.338 e. The molecule has 1 heterocycles. The van der Waals surface area contributed by atoms with Crippen molar-refractivity contribution in [3.8, 4) is 0 Å². The second-order valence-corrected chi connectivity index (χ2v) is 6.78. The van der Waals surface area contributed by atoms with Crippen LogP contribution in [0.5, 0.6) is 0 Å². The number of likely N-dealkylation sites (tertiary alicyclic amines) is 1. The van der Waals surface area contributed by atoms with Crippen molar-refractivity contribution >= 4 is 17.8 Å². The van der Waals surface area contributed by atoms with Gasteiger partial charge in [0.2, 0.25) is 5.91 Å². The molecule has 0 spiro atoms. The minimum Gasteiger partial charge on any atom is -0.452 e. The van der Waals surface area contributed by atoms with Gasteiger partial charge in [-0.1, -0.05) is 42.5 Å². The van der Waals surface area contributed by atoms with Gasteiger partial charge in [-0.15, -0.1) is 0 Å². The Morgan fingerprint density at radius 2 is 1.75 bits per heavy atom. The number of hydrogen-bond donors (Lipinski definition) is 1. The van der Waals surface area contributed by atoms with E-state index in [1.54, 1.807) is 12.1 Å². The summed E-state index contributed by atoms with van der Waals surface area (Å²) in [6, 6.07) is 16.8. The van der Waals surface area contributed by atoms with Crippen LogP contribution in [-0.2, 0) is 27.3 Å². The lowest BCUT2D eigenvalue weighted by atomic mass is 10.1. The Morgan fingerprint density at radius 1 is 1.00 bits per heavy atom. The predicted octanol–water partition coefficient (Wildman–Crippen LogP) is 2.32. The number of benzene rings is 2. The van der Waals surface area contributed by atoms with Crippen LogP contribution in [0.4, 0.5) is 0 Å². The molecule has 2 aromatic carbocycles. The zero-order valence-corrected chi connectivity index (χ0v) is 15.7. The van der Waals surface area contributed by atoms with E-state index in [0.29, 0.717) is 25.1 Å². The van der Waals surface area contributed by atoms with E-state index in [1.807, 2.05) is 47.4 Å². The number of carbonyl (C=O) groups excluding carboxylic acids is 3. The molecule has 2 amide bonds. The lowest BCUT2D eigenvalue weighted by molar-refractivity contribution is -0.128. The first kappa shape index (κ1) is 19.6. The molecule has 0 aliphatic carbocycles. The van der Waals surface area contributed by atoms with Crippen molar-refractivity contribution < 1.29 is 19.1 Å². The second kappa shape index (κ2) is 9.69. The Morgan fingerprint density at radius 3 is 2.43 bits per heavy atom. The van der Waals surface area contributed by atoms with Gasteiger partial charge in [0.25, 0.3) is 5.91 Å². The molecule has 3 rings (SSSR count). The average Bonchev–Trinajstić information content (AvgIpc) is 3.12. The van der Waals surface area contributed by atoms with Crippen LogP contribution in [0.15, 0.2) is 54.6 Å². The molecule has 0 aromatic heterocycles. The van der Waals surface area contributed by atoms with Gasteiger partial charge in [0.05, 0.1) is 5.56 Å². The molecular formula is C22H24N2O4. The Balaban J connectivity index is 1.39. The van der Waals surface area contributed by atoms with Crippen LogP contribution < -0.4 is 5.32 Å². The van der Waals surface area contributed by atoms with E-state index in [-0.39, 0.29) is 18.4 Å². The van der Waals surface area contributed by atoms with Gasteiger partial charge in [0.1, 0.15) is 0 Å². The Hall–Kier alpha value is -3.15. The van der Waals surface area contributed by atoms with Gasteiger partial charge in [-0.3, -0.25) is 9.59 Å². The van der Waals surface area contributed by atoms with E-state index in [1.165, 1.54) is 0 Å². The van der Waals surface area contributed by atoms with Gasteiger partial charge < -0.3 is 15.0 Å². The first-order chi connectivity index (χ1) is 13.6. The summed E-state index contributed by atoms with van der Waals surface area (Å²) in [5.41, 5.74) is 2.48. The fourth-order valence-electron chi connectivity index (χ4n) is 3.09. The largest absolute Gasteiger partial charge is 0.452 e. The topological polar surface area (TPSA) is 75.7 Å². The third-order valence-corrected chi connectivity index (χ3v) is 4.65. The zero-order chi connectivity index (χ0) is 19.8. The number of nitrogens with zero attached hydrogens (tertiary/aromatic N) is 1. The summed E-state index contributed by atoms with van der Waals surface area (Å²) in [4.78, 5) is 37.4. The number of amides is 2. The molecule has 0 unspecified atom stereocenters. The minimum absolute atomic E-state index is 0.168. The average molecular weight is 380 g/mol. The SMILES string of the molecule is O=C(COC(=O)c1ccc(CN2CCCC2=O)cc1)NCCc1ccccc1. The third kappa shape index (κ3) is 5.67. The molecule has 6 nitrogen and oxygen atoms in total. The molecule has 0 radical (unpaired) electrons. The lowest BCUT2D eigenvalue weighted by Crippen LogP contribution is -2.30. The third-order valence-electron chi connectivity index (χ3n) is 4.65. The maximum absolute atomic E-state index is 12.1. The van der Waals surface area contributed by atoms with Gasteiger partial charge in [-0.2, -0.15) is 0 Å². The van der Waals surface area contributed by atoms with Crippen molar-refractivity contribution in [2.24, 2.45) is 0 Å². The number of hydrogen-bond acceptors (Lipinski definition) is 4. The number of ether oxygens (including phenoxy) is 1. The highest BCUT2D eigenvalue weighted by atomic mass is 16.5. The van der Waals surface area contributed by atoms with Gasteiger partial charge in [0, 0.05) is 26.1 Å². The normalized spacial score (nSPS) is 13.4. The van der Waals surface area contributed by atoms with Crippen LogP contribution in [0.3, 0.4) is 0 Å². The van der Waals surface area contributed by atoms with E-state index in [4.69, 9.17) is 4.74 Å². The van der Waals surface area contributed by atoms with Crippen LogP contribution >= 0.6 is 0 Å². The number of rotatable bonds is 8. The van der Waals surface area contributed by atoms with Crippen LogP contribution in [0.1, 0.15) is 34.3 Å². The van der Waals surface area contributed by atoms with E-state index in [9.17, 15) is 14.4 Å². The lowest BCUT2D eigenvalue weighted by Gasteiger charge is -2.15. The van der Waals surface area contributed by atoms with Gasteiger partial charge >= 0.3 is 5.97 Å². The Bertz CT molecular complexity index is 818. The quantitative estimate of drug-likeness (QED) is 0.713. The molecule has 28 heavy (non-hydrogen) atoms. The standard InChI is InChI=1S/C22H24N2O4/c25-20(23-13-12-17-5-2-1-3-6-17)16-28-22(27)19-10-8-18(9-11-19)15-24-14-4-7-21(24)26/h1-3,5-6,8-11H,4,7,12-16H2,(H,23,25). The fraction of sp³-hybridized carbons (Fsp3) is 0.318. The molecule has 0 atom stereocenters. The predicted molar refractivity (Wildman–Crippen MR) is 105 cm³/mol. The van der Waals surface area contributed by atoms with Crippen molar-refractivity contribution in [3.63, 3.8) is 0 Å². The number of esters is 1.